The molecule has 0 spiro atoms. The maximum atomic E-state index is 2.54. The van der Waals surface area contributed by atoms with Crippen molar-refractivity contribution in [3.8, 4) is 0 Å². The van der Waals surface area contributed by atoms with Crippen LogP contribution < -0.4 is 0 Å². The minimum atomic E-state index is -2.15. The Balaban J connectivity index is 4.94. The normalized spacial score (nSPS) is 12.7. The van der Waals surface area contributed by atoms with Crippen LogP contribution in [0.2, 0.25) is 17.7 Å². The Morgan fingerprint density at radius 3 is 0.778 bits per heavy atom. The molecular formula is C44H92Sn. The van der Waals surface area contributed by atoms with Gasteiger partial charge in [-0.3, -0.25) is 0 Å². The topological polar surface area (TPSA) is 0 Å². The van der Waals surface area contributed by atoms with Gasteiger partial charge in [-0.25, -0.2) is 0 Å². The molecule has 0 amide bonds. The second kappa shape index (κ2) is 37.6. The van der Waals surface area contributed by atoms with Crippen molar-refractivity contribution in [3.05, 3.63) is 0 Å². The maximum absolute atomic E-state index is 2.54. The van der Waals surface area contributed by atoms with Crippen molar-refractivity contribution < 1.29 is 0 Å². The zero-order valence-electron chi connectivity index (χ0n) is 32.9. The van der Waals surface area contributed by atoms with Gasteiger partial charge in [0.1, 0.15) is 0 Å². The molecule has 0 radical (unpaired) electrons. The molecular weight excluding hydrogens is 647 g/mol. The molecule has 0 aliphatic heterocycles. The molecule has 1 unspecified atom stereocenters. The fraction of sp³-hybridized carbons (Fsp3) is 1.00. The molecule has 0 fully saturated rings. The quantitative estimate of drug-likeness (QED) is 0.0435. The summed E-state index contributed by atoms with van der Waals surface area (Å²) in [6.45, 7) is 12.0. The molecule has 45 heavy (non-hydrogen) atoms. The van der Waals surface area contributed by atoms with Crippen molar-refractivity contribution in [2.45, 2.75) is 271 Å². The average Bonchev–Trinajstić information content (AvgIpc) is 3.05. The summed E-state index contributed by atoms with van der Waals surface area (Å²) < 4.78 is 7.02. The second-order valence-corrected chi connectivity index (χ2v) is 29.9. The molecule has 0 aliphatic carbocycles. The van der Waals surface area contributed by atoms with Crippen LogP contribution in [-0.4, -0.2) is 18.4 Å². The standard InChI is InChI=1S/3C12H25.C8H17.Sn/c3*1-3-5-7-9-11-12-10-8-6-4-2;1-4-6-7-8(3)5-2;/h3*1,3-12H2,2H3;8H,3-7H2,1-2H3;. The third-order valence-corrected chi connectivity index (χ3v) is 27.7. The van der Waals surface area contributed by atoms with Crippen molar-refractivity contribution in [2.75, 3.05) is 0 Å². The third-order valence-electron chi connectivity index (χ3n) is 11.4. The number of rotatable bonds is 39. The van der Waals surface area contributed by atoms with Crippen LogP contribution in [0.1, 0.15) is 253 Å². The summed E-state index contributed by atoms with van der Waals surface area (Å²) in [5, 5.41) is 0. The van der Waals surface area contributed by atoms with Gasteiger partial charge in [-0.15, -0.1) is 0 Å². The van der Waals surface area contributed by atoms with Crippen LogP contribution in [0, 0.1) is 5.92 Å². The van der Waals surface area contributed by atoms with Gasteiger partial charge in [0, 0.05) is 0 Å². The van der Waals surface area contributed by atoms with Gasteiger partial charge in [0.05, 0.1) is 0 Å². The first-order valence-electron chi connectivity index (χ1n) is 22.2. The Morgan fingerprint density at radius 1 is 0.289 bits per heavy atom. The molecule has 0 aliphatic rings. The summed E-state index contributed by atoms with van der Waals surface area (Å²) in [5.41, 5.74) is 0. The van der Waals surface area contributed by atoms with E-state index in [0.717, 1.165) is 5.92 Å². The molecule has 1 atom stereocenters. The van der Waals surface area contributed by atoms with Crippen LogP contribution in [0.25, 0.3) is 0 Å². The van der Waals surface area contributed by atoms with Gasteiger partial charge in [0.2, 0.25) is 0 Å². The van der Waals surface area contributed by atoms with E-state index in [1.807, 2.05) is 0 Å². The van der Waals surface area contributed by atoms with E-state index in [2.05, 4.69) is 34.6 Å². The van der Waals surface area contributed by atoms with E-state index in [4.69, 9.17) is 0 Å². The summed E-state index contributed by atoms with van der Waals surface area (Å²) >= 11 is -2.15. The molecule has 0 saturated heterocycles. The zero-order valence-corrected chi connectivity index (χ0v) is 35.8. The van der Waals surface area contributed by atoms with Crippen LogP contribution in [-0.2, 0) is 0 Å². The first-order chi connectivity index (χ1) is 22.2. The van der Waals surface area contributed by atoms with Crippen molar-refractivity contribution >= 4 is 18.4 Å². The van der Waals surface area contributed by atoms with Crippen LogP contribution in [0.15, 0.2) is 0 Å². The molecule has 0 aromatic heterocycles. The van der Waals surface area contributed by atoms with Gasteiger partial charge in [0.15, 0.2) is 0 Å². The Kier molecular flexibility index (Phi) is 38.3. The van der Waals surface area contributed by atoms with E-state index in [0.29, 0.717) is 0 Å². The first kappa shape index (κ1) is 45.8. The Hall–Kier alpha value is 0.799. The average molecular weight is 740 g/mol. The Bertz CT molecular complexity index is 467. The van der Waals surface area contributed by atoms with Gasteiger partial charge < -0.3 is 0 Å². The predicted molar refractivity (Wildman–Crippen MR) is 214 cm³/mol. The predicted octanol–water partition coefficient (Wildman–Crippen LogP) is 17.4. The molecule has 0 bridgehead atoms. The summed E-state index contributed by atoms with van der Waals surface area (Å²) in [6, 6.07) is 0. The van der Waals surface area contributed by atoms with E-state index in [1.54, 1.807) is 62.7 Å². The molecule has 1 heteroatoms. The van der Waals surface area contributed by atoms with Gasteiger partial charge in [-0.05, 0) is 0 Å². The molecule has 0 N–H and O–H groups in total. The van der Waals surface area contributed by atoms with E-state index >= 15 is 0 Å². The van der Waals surface area contributed by atoms with E-state index in [9.17, 15) is 0 Å². The summed E-state index contributed by atoms with van der Waals surface area (Å²) in [6.07, 6.45) is 50.8. The van der Waals surface area contributed by atoms with Crippen molar-refractivity contribution in [3.63, 3.8) is 0 Å². The minimum absolute atomic E-state index is 1.06. The van der Waals surface area contributed by atoms with Gasteiger partial charge in [0.25, 0.3) is 0 Å². The summed E-state index contributed by atoms with van der Waals surface area (Å²) in [7, 11) is 0. The Labute approximate surface area is 293 Å². The van der Waals surface area contributed by atoms with Gasteiger partial charge in [-0.2, -0.15) is 0 Å². The molecule has 0 saturated carbocycles. The van der Waals surface area contributed by atoms with E-state index in [1.165, 1.54) is 173 Å². The van der Waals surface area contributed by atoms with E-state index in [-0.39, 0.29) is 0 Å². The van der Waals surface area contributed by atoms with Crippen molar-refractivity contribution in [1.82, 2.24) is 0 Å². The zero-order chi connectivity index (χ0) is 32.9. The Morgan fingerprint density at radius 2 is 0.533 bits per heavy atom. The monoisotopic (exact) mass is 741 g/mol. The van der Waals surface area contributed by atoms with Crippen LogP contribution in [0.3, 0.4) is 0 Å². The molecule has 0 heterocycles. The van der Waals surface area contributed by atoms with E-state index < -0.39 is 18.4 Å². The van der Waals surface area contributed by atoms with Gasteiger partial charge >= 0.3 is 295 Å². The van der Waals surface area contributed by atoms with Crippen molar-refractivity contribution in [2.24, 2.45) is 5.92 Å². The molecule has 272 valence electrons. The number of hydrogen-bond donors (Lipinski definition) is 0. The first-order valence-corrected chi connectivity index (χ1v) is 30.2. The van der Waals surface area contributed by atoms with Gasteiger partial charge in [-0.1, -0.05) is 0 Å². The fourth-order valence-corrected chi connectivity index (χ4v) is 25.6. The third kappa shape index (κ3) is 31.8. The van der Waals surface area contributed by atoms with Crippen LogP contribution >= 0.6 is 0 Å². The number of hydrogen-bond acceptors (Lipinski definition) is 0. The van der Waals surface area contributed by atoms with Crippen molar-refractivity contribution in [1.29, 1.82) is 0 Å². The molecule has 0 nitrogen and oxygen atoms in total. The summed E-state index contributed by atoms with van der Waals surface area (Å²) in [4.78, 5) is 0. The van der Waals surface area contributed by atoms with Crippen LogP contribution in [0.4, 0.5) is 0 Å². The fourth-order valence-electron chi connectivity index (χ4n) is 8.20. The molecule has 0 rings (SSSR count). The number of unbranched alkanes of at least 4 members (excludes halogenated alkanes) is 28. The molecule has 0 aromatic rings. The SMILES string of the molecule is CCCCCCCCCCC[CH2][Sn]([CH2]CCCCCCCCCCC)([CH2]CCCCCCCCCCC)[CH2]C(CC)CCCC. The molecule has 0 aromatic carbocycles. The second-order valence-electron chi connectivity index (χ2n) is 15.9. The van der Waals surface area contributed by atoms with Crippen LogP contribution in [0.5, 0.6) is 0 Å². The summed E-state index contributed by atoms with van der Waals surface area (Å²) in [5.74, 6) is 1.06.